The quantitative estimate of drug-likeness (QED) is 0.313. The largest absolute Gasteiger partial charge is 0.469 e. The van der Waals surface area contributed by atoms with Crippen LogP contribution in [-0.2, 0) is 11.3 Å². The Bertz CT molecular complexity index is 1460. The highest BCUT2D eigenvalue weighted by Crippen LogP contribution is 2.47. The Morgan fingerprint density at radius 3 is 2.51 bits per heavy atom. The molecule has 1 aliphatic carbocycles. The van der Waals surface area contributed by atoms with Crippen LogP contribution in [-0.4, -0.2) is 11.8 Å². The maximum atomic E-state index is 13.9. The van der Waals surface area contributed by atoms with Gasteiger partial charge in [0.05, 0.1) is 36.5 Å². The summed E-state index contributed by atoms with van der Waals surface area (Å²) in [7, 11) is 0. The van der Waals surface area contributed by atoms with E-state index in [1.54, 1.807) is 41.7 Å². The Kier molecular flexibility index (Phi) is 6.06. The third-order valence-electron chi connectivity index (χ3n) is 6.83. The van der Waals surface area contributed by atoms with E-state index < -0.39 is 6.04 Å². The molecule has 6 rings (SSSR count). The Morgan fingerprint density at radius 1 is 0.973 bits per heavy atom. The van der Waals surface area contributed by atoms with Gasteiger partial charge in [0, 0.05) is 28.6 Å². The zero-order valence-corrected chi connectivity index (χ0v) is 20.6. The molecule has 2 atom stereocenters. The number of allylic oxidation sites excluding steroid dienone is 1. The molecular formula is C29H24ClN3O4. The van der Waals surface area contributed by atoms with Gasteiger partial charge in [0.25, 0.3) is 0 Å². The number of carbonyl (C=O) groups excluding carboxylic acids is 2. The predicted octanol–water partition coefficient (Wildman–Crippen LogP) is 6.81. The summed E-state index contributed by atoms with van der Waals surface area (Å²) in [5.41, 5.74) is 3.54. The molecule has 7 nitrogen and oxygen atoms in total. The molecule has 2 aromatic heterocycles. The molecule has 4 aromatic rings. The zero-order chi connectivity index (χ0) is 25.4. The third kappa shape index (κ3) is 4.42. The molecule has 0 bridgehead atoms. The van der Waals surface area contributed by atoms with Crippen LogP contribution in [0.3, 0.4) is 0 Å². The van der Waals surface area contributed by atoms with Crippen molar-refractivity contribution >= 4 is 34.8 Å². The van der Waals surface area contributed by atoms with Gasteiger partial charge in [-0.25, -0.2) is 4.79 Å². The minimum Gasteiger partial charge on any atom is -0.469 e. The van der Waals surface area contributed by atoms with Crippen molar-refractivity contribution in [2.24, 2.45) is 0 Å². The van der Waals surface area contributed by atoms with E-state index in [4.69, 9.17) is 20.4 Å². The van der Waals surface area contributed by atoms with Gasteiger partial charge in [-0.2, -0.15) is 0 Å². The number of halogens is 1. The van der Waals surface area contributed by atoms with Crippen LogP contribution >= 0.6 is 11.6 Å². The molecule has 2 aliphatic rings. The fourth-order valence-electron chi connectivity index (χ4n) is 5.16. The maximum Gasteiger partial charge on any atom is 0.323 e. The first-order valence-corrected chi connectivity index (χ1v) is 12.5. The second-order valence-electron chi connectivity index (χ2n) is 9.14. The molecule has 3 heterocycles. The number of amides is 2. The van der Waals surface area contributed by atoms with Gasteiger partial charge in [-0.3, -0.25) is 9.69 Å². The fraction of sp³-hybridized carbons (Fsp3) is 0.172. The minimum atomic E-state index is -0.662. The van der Waals surface area contributed by atoms with Crippen LogP contribution in [0.2, 0.25) is 5.02 Å². The maximum absolute atomic E-state index is 13.9. The summed E-state index contributed by atoms with van der Waals surface area (Å²) in [6.07, 6.45) is 4.06. The van der Waals surface area contributed by atoms with Crippen LogP contribution in [0.4, 0.5) is 16.2 Å². The molecule has 0 saturated heterocycles. The first kappa shape index (κ1) is 23.2. The number of ketones is 1. The minimum absolute atomic E-state index is 0.0354. The Labute approximate surface area is 218 Å². The van der Waals surface area contributed by atoms with Gasteiger partial charge in [-0.1, -0.05) is 35.9 Å². The number of para-hydroxylation sites is 2. The Hall–Kier alpha value is -4.23. The Balaban J connectivity index is 1.49. The van der Waals surface area contributed by atoms with E-state index >= 15 is 0 Å². The summed E-state index contributed by atoms with van der Waals surface area (Å²) in [4.78, 5) is 29.4. The number of rotatable bonds is 4. The second-order valence-corrected chi connectivity index (χ2v) is 9.58. The molecule has 0 spiro atoms. The molecule has 2 amide bonds. The van der Waals surface area contributed by atoms with Gasteiger partial charge in [0.1, 0.15) is 11.5 Å². The van der Waals surface area contributed by atoms with Crippen molar-refractivity contribution in [3.8, 4) is 0 Å². The first-order valence-electron chi connectivity index (χ1n) is 12.1. The standard InChI is InChI=1S/C29H24ClN3O4/c30-20-11-9-18(10-12-20)28-27-23(15-19(16-25(27)34)26-8-4-14-37-26)32-22-6-1-2-7-24(22)33(28)29(35)31-17-21-5-3-13-36-21/h1-14,19,28,32H,15-17H2,(H,31,35). The number of carbonyl (C=O) groups is 2. The van der Waals surface area contributed by atoms with Crippen LogP contribution in [0, 0.1) is 0 Å². The molecule has 8 heteroatoms. The van der Waals surface area contributed by atoms with Crippen molar-refractivity contribution in [2.75, 3.05) is 10.2 Å². The summed E-state index contributed by atoms with van der Waals surface area (Å²) in [5, 5.41) is 7.04. The van der Waals surface area contributed by atoms with Crippen LogP contribution in [0.15, 0.2) is 105 Å². The lowest BCUT2D eigenvalue weighted by atomic mass is 9.80. The Morgan fingerprint density at radius 2 is 1.76 bits per heavy atom. The lowest BCUT2D eigenvalue weighted by Gasteiger charge is -2.34. The average molecular weight is 514 g/mol. The van der Waals surface area contributed by atoms with Crippen LogP contribution < -0.4 is 15.5 Å². The third-order valence-corrected chi connectivity index (χ3v) is 7.08. The molecule has 2 aromatic carbocycles. The van der Waals surface area contributed by atoms with E-state index in [-0.39, 0.29) is 30.7 Å². The van der Waals surface area contributed by atoms with Crippen molar-refractivity contribution in [3.63, 3.8) is 0 Å². The number of hydrogen-bond acceptors (Lipinski definition) is 5. The van der Waals surface area contributed by atoms with E-state index in [1.165, 1.54) is 0 Å². The molecular weight excluding hydrogens is 490 g/mol. The van der Waals surface area contributed by atoms with E-state index in [0.29, 0.717) is 28.5 Å². The van der Waals surface area contributed by atoms with Crippen molar-refractivity contribution in [1.82, 2.24) is 5.32 Å². The number of fused-ring (bicyclic) bond motifs is 1. The molecule has 186 valence electrons. The van der Waals surface area contributed by atoms with E-state index in [9.17, 15) is 9.59 Å². The van der Waals surface area contributed by atoms with Gasteiger partial charge in [0.2, 0.25) is 0 Å². The van der Waals surface area contributed by atoms with Crippen molar-refractivity contribution in [3.05, 3.63) is 119 Å². The number of nitrogens with one attached hydrogen (secondary N) is 2. The van der Waals surface area contributed by atoms with Crippen molar-refractivity contribution < 1.29 is 18.4 Å². The number of urea groups is 1. The lowest BCUT2D eigenvalue weighted by molar-refractivity contribution is -0.116. The van der Waals surface area contributed by atoms with Gasteiger partial charge in [-0.05, 0) is 60.5 Å². The fourth-order valence-corrected chi connectivity index (χ4v) is 5.29. The highest BCUT2D eigenvalue weighted by molar-refractivity contribution is 6.30. The SMILES string of the molecule is O=C1CC(c2ccco2)CC2=C1C(c1ccc(Cl)cc1)N(C(=O)NCc1ccco1)c1ccccc1N2. The summed E-state index contributed by atoms with van der Waals surface area (Å²) in [5.74, 6) is 1.28. The van der Waals surface area contributed by atoms with E-state index in [2.05, 4.69) is 10.6 Å². The number of benzene rings is 2. The lowest BCUT2D eigenvalue weighted by Crippen LogP contribution is -2.44. The molecule has 0 saturated carbocycles. The number of anilines is 2. The van der Waals surface area contributed by atoms with Crippen molar-refractivity contribution in [1.29, 1.82) is 0 Å². The molecule has 0 radical (unpaired) electrons. The van der Waals surface area contributed by atoms with Gasteiger partial charge in [0.15, 0.2) is 5.78 Å². The highest BCUT2D eigenvalue weighted by Gasteiger charge is 2.42. The normalized spacial score (nSPS) is 19.1. The van der Waals surface area contributed by atoms with E-state index in [0.717, 1.165) is 22.7 Å². The average Bonchev–Trinajstić information content (AvgIpc) is 3.60. The van der Waals surface area contributed by atoms with Gasteiger partial charge < -0.3 is 19.5 Å². The monoisotopic (exact) mass is 513 g/mol. The number of hydrogen-bond donors (Lipinski definition) is 2. The van der Waals surface area contributed by atoms with Crippen LogP contribution in [0.5, 0.6) is 0 Å². The molecule has 2 unspecified atom stereocenters. The number of nitrogens with zero attached hydrogens (tertiary/aromatic N) is 1. The van der Waals surface area contributed by atoms with Crippen molar-refractivity contribution in [2.45, 2.75) is 31.3 Å². The van der Waals surface area contributed by atoms with E-state index in [1.807, 2.05) is 48.5 Å². The molecule has 0 fully saturated rings. The zero-order valence-electron chi connectivity index (χ0n) is 19.8. The van der Waals surface area contributed by atoms with Crippen LogP contribution in [0.1, 0.15) is 41.9 Å². The molecule has 37 heavy (non-hydrogen) atoms. The predicted molar refractivity (Wildman–Crippen MR) is 140 cm³/mol. The highest BCUT2D eigenvalue weighted by atomic mass is 35.5. The molecule has 1 aliphatic heterocycles. The smallest absolute Gasteiger partial charge is 0.323 e. The van der Waals surface area contributed by atoms with Crippen LogP contribution in [0.25, 0.3) is 0 Å². The first-order chi connectivity index (χ1) is 18.1. The summed E-state index contributed by atoms with van der Waals surface area (Å²) in [6.45, 7) is 0.214. The summed E-state index contributed by atoms with van der Waals surface area (Å²) in [6, 6.07) is 21.2. The number of furan rings is 2. The number of Topliss-reactive ketones (excluding diaryl/α,β-unsaturated/α-hetero) is 1. The topological polar surface area (TPSA) is 87.7 Å². The van der Waals surface area contributed by atoms with Gasteiger partial charge in [-0.15, -0.1) is 0 Å². The van der Waals surface area contributed by atoms with Gasteiger partial charge >= 0.3 is 6.03 Å². The second kappa shape index (κ2) is 9.67. The molecule has 2 N–H and O–H groups in total. The summed E-state index contributed by atoms with van der Waals surface area (Å²) < 4.78 is 11.1. The summed E-state index contributed by atoms with van der Waals surface area (Å²) >= 11 is 6.21.